The second-order valence-corrected chi connectivity index (χ2v) is 5.94. The van der Waals surface area contributed by atoms with Gasteiger partial charge < -0.3 is 30.4 Å². The number of H-pyrrole nitrogens is 1. The summed E-state index contributed by atoms with van der Waals surface area (Å²) in [5.74, 6) is 0.284. The molecule has 0 saturated carbocycles. The fourth-order valence-electron chi connectivity index (χ4n) is 2.95. The molecule has 26 heavy (non-hydrogen) atoms. The fraction of sp³-hybridized carbons (Fsp3) is 0.312. The van der Waals surface area contributed by atoms with Crippen molar-refractivity contribution in [2.45, 2.75) is 24.5 Å². The molecule has 2 aliphatic rings. The first-order chi connectivity index (χ1) is 12.6. The van der Waals surface area contributed by atoms with E-state index in [1.54, 1.807) is 24.4 Å². The number of aliphatic hydroxyl groups excluding tert-OH is 3. The van der Waals surface area contributed by atoms with Gasteiger partial charge >= 0.3 is 0 Å². The molecular weight excluding hydrogens is 342 g/mol. The molecule has 0 amide bonds. The number of imidazole rings is 1. The summed E-state index contributed by atoms with van der Waals surface area (Å²) >= 11 is 0. The lowest BCUT2D eigenvalue weighted by atomic mass is 10.1. The molecule has 1 saturated heterocycles. The van der Waals surface area contributed by atoms with Crippen LogP contribution in [0.15, 0.2) is 41.6 Å². The van der Waals surface area contributed by atoms with Crippen molar-refractivity contribution in [3.63, 3.8) is 0 Å². The lowest BCUT2D eigenvalue weighted by molar-refractivity contribution is -0.0511. The van der Waals surface area contributed by atoms with Gasteiger partial charge in [0.25, 0.3) is 5.56 Å². The lowest BCUT2D eigenvalue weighted by Crippen LogP contribution is -2.33. The zero-order chi connectivity index (χ0) is 18.3. The van der Waals surface area contributed by atoms with E-state index in [0.717, 1.165) is 0 Å². The highest BCUT2D eigenvalue weighted by atomic mass is 16.6. The van der Waals surface area contributed by atoms with Gasteiger partial charge in [0.15, 0.2) is 23.2 Å². The van der Waals surface area contributed by atoms with Crippen molar-refractivity contribution < 1.29 is 20.1 Å². The molecule has 0 bridgehead atoms. The molecule has 4 rings (SSSR count). The van der Waals surface area contributed by atoms with Gasteiger partial charge in [-0.3, -0.25) is 9.36 Å². The highest BCUT2D eigenvalue weighted by Gasteiger charge is 2.44. The van der Waals surface area contributed by atoms with Gasteiger partial charge in [0.1, 0.15) is 18.3 Å². The Morgan fingerprint density at radius 3 is 2.85 bits per heavy atom. The Balaban J connectivity index is 1.80. The zero-order valence-electron chi connectivity index (χ0n) is 13.5. The van der Waals surface area contributed by atoms with Crippen LogP contribution in [0.2, 0.25) is 0 Å². The van der Waals surface area contributed by atoms with Crippen molar-refractivity contribution in [1.82, 2.24) is 24.8 Å². The predicted molar refractivity (Wildman–Crippen MR) is 90.6 cm³/mol. The second kappa shape index (κ2) is 6.50. The summed E-state index contributed by atoms with van der Waals surface area (Å²) in [5.41, 5.74) is 0.392. The number of aromatic amines is 1. The predicted octanol–water partition coefficient (Wildman–Crippen LogP) is -1.25. The molecule has 136 valence electrons. The van der Waals surface area contributed by atoms with E-state index in [1.165, 1.54) is 10.9 Å². The van der Waals surface area contributed by atoms with Crippen LogP contribution in [0, 0.1) is 0 Å². The average molecular weight is 359 g/mol. The normalized spacial score (nSPS) is 28.2. The maximum atomic E-state index is 12.4. The van der Waals surface area contributed by atoms with Gasteiger partial charge in [-0.05, 0) is 12.2 Å². The number of rotatable bonds is 3. The second-order valence-electron chi connectivity index (χ2n) is 5.94. The summed E-state index contributed by atoms with van der Waals surface area (Å²) in [4.78, 5) is 23.5. The highest BCUT2D eigenvalue weighted by molar-refractivity contribution is 5.73. The van der Waals surface area contributed by atoms with Crippen LogP contribution in [0.5, 0.6) is 0 Å². The molecule has 2 aliphatic heterocycles. The molecule has 1 fully saturated rings. The maximum Gasteiger partial charge on any atom is 0.279 e. The molecule has 2 aromatic heterocycles. The average Bonchev–Trinajstić information content (AvgIpc) is 3.04. The Morgan fingerprint density at radius 1 is 1.23 bits per heavy atom. The van der Waals surface area contributed by atoms with Gasteiger partial charge in [0.05, 0.1) is 18.6 Å². The van der Waals surface area contributed by atoms with Gasteiger partial charge in [0, 0.05) is 6.20 Å². The van der Waals surface area contributed by atoms with Gasteiger partial charge in [-0.25, -0.2) is 9.97 Å². The molecule has 10 heteroatoms. The molecule has 0 unspecified atom stereocenters. The first kappa shape index (κ1) is 16.7. The van der Waals surface area contributed by atoms with E-state index in [1.807, 2.05) is 6.08 Å². The Bertz CT molecular complexity index is 975. The molecular formula is C16H17N5O5. The number of aliphatic hydroxyl groups is 3. The molecule has 0 aliphatic carbocycles. The van der Waals surface area contributed by atoms with Crippen LogP contribution < -0.4 is 10.9 Å². The van der Waals surface area contributed by atoms with E-state index in [4.69, 9.17) is 4.74 Å². The third-order valence-corrected chi connectivity index (χ3v) is 4.30. The van der Waals surface area contributed by atoms with Crippen LogP contribution in [-0.4, -0.2) is 59.8 Å². The quantitative estimate of drug-likeness (QED) is 0.457. The van der Waals surface area contributed by atoms with Crippen molar-refractivity contribution in [3.05, 3.63) is 53.0 Å². The monoisotopic (exact) mass is 359 g/mol. The lowest BCUT2D eigenvalue weighted by Gasteiger charge is -2.16. The number of ether oxygens (including phenoxy) is 1. The van der Waals surface area contributed by atoms with Gasteiger partial charge in [-0.2, -0.15) is 0 Å². The molecule has 0 spiro atoms. The Kier molecular flexibility index (Phi) is 4.17. The minimum atomic E-state index is -1.30. The van der Waals surface area contributed by atoms with Crippen molar-refractivity contribution in [2.75, 3.05) is 6.61 Å². The summed E-state index contributed by atoms with van der Waals surface area (Å²) in [7, 11) is 0. The molecule has 0 aromatic carbocycles. The fourth-order valence-corrected chi connectivity index (χ4v) is 2.95. The zero-order valence-corrected chi connectivity index (χ0v) is 13.5. The summed E-state index contributed by atoms with van der Waals surface area (Å²) < 4.78 is 6.88. The topological polar surface area (TPSA) is 146 Å². The van der Waals surface area contributed by atoms with Gasteiger partial charge in [0.2, 0.25) is 0 Å². The van der Waals surface area contributed by atoms with Gasteiger partial charge in [-0.1, -0.05) is 12.2 Å². The highest BCUT2D eigenvalue weighted by Crippen LogP contribution is 2.30. The molecule has 4 heterocycles. The summed E-state index contributed by atoms with van der Waals surface area (Å²) in [6, 6.07) is 0. The number of aromatic nitrogens is 4. The smallest absolute Gasteiger partial charge is 0.279 e. The Morgan fingerprint density at radius 2 is 2.08 bits per heavy atom. The largest absolute Gasteiger partial charge is 0.394 e. The van der Waals surface area contributed by atoms with E-state index >= 15 is 0 Å². The maximum absolute atomic E-state index is 12.4. The standard InChI is InChI=1S/C16H17N5O5/c22-6-9-11(23)12(24)16(26-9)21-7-18-10-14(21)19-13(20-15(10)25)8-4-2-1-3-5-17-8/h1-5,7,9,11-12,16-17,22-24H,6H2,(H,19,20,25)/t9-,11-,12-,16-/m1/s1. The molecule has 5 N–H and O–H groups in total. The van der Waals surface area contributed by atoms with E-state index in [0.29, 0.717) is 5.70 Å². The SMILES string of the molecule is O=c1[nH]c(C2=CC=CC=CN2)nc2c1ncn2[C@@H]1O[C@H](CO)[C@@H](O)[C@H]1O. The van der Waals surface area contributed by atoms with E-state index < -0.39 is 36.7 Å². The van der Waals surface area contributed by atoms with Crippen molar-refractivity contribution in [2.24, 2.45) is 0 Å². The summed E-state index contributed by atoms with van der Waals surface area (Å²) in [6.07, 6.45) is 5.65. The first-order valence-electron chi connectivity index (χ1n) is 8.00. The number of nitrogens with one attached hydrogen (secondary N) is 2. The van der Waals surface area contributed by atoms with E-state index in [9.17, 15) is 20.1 Å². The Labute approximate surface area is 146 Å². The van der Waals surface area contributed by atoms with Crippen LogP contribution in [0.25, 0.3) is 16.9 Å². The number of hydrogen-bond acceptors (Lipinski definition) is 8. The molecule has 10 nitrogen and oxygen atoms in total. The summed E-state index contributed by atoms with van der Waals surface area (Å²) in [5, 5.41) is 32.4. The van der Waals surface area contributed by atoms with Crippen LogP contribution >= 0.6 is 0 Å². The number of nitrogens with zero attached hydrogens (tertiary/aromatic N) is 3. The van der Waals surface area contributed by atoms with Crippen LogP contribution in [0.4, 0.5) is 0 Å². The van der Waals surface area contributed by atoms with Crippen molar-refractivity contribution in [1.29, 1.82) is 0 Å². The number of hydrogen-bond donors (Lipinski definition) is 5. The minimum absolute atomic E-state index is 0.0757. The van der Waals surface area contributed by atoms with Crippen LogP contribution in [0.3, 0.4) is 0 Å². The van der Waals surface area contributed by atoms with Gasteiger partial charge in [-0.15, -0.1) is 0 Å². The summed E-state index contributed by atoms with van der Waals surface area (Å²) in [6.45, 7) is -0.448. The Hall–Kier alpha value is -2.79. The third kappa shape index (κ3) is 2.65. The molecule has 0 radical (unpaired) electrons. The molecule has 2 aromatic rings. The van der Waals surface area contributed by atoms with Crippen molar-refractivity contribution in [3.8, 4) is 0 Å². The van der Waals surface area contributed by atoms with E-state index in [-0.39, 0.29) is 17.0 Å². The third-order valence-electron chi connectivity index (χ3n) is 4.30. The van der Waals surface area contributed by atoms with Crippen LogP contribution in [0.1, 0.15) is 12.1 Å². The number of allylic oxidation sites excluding steroid dienone is 4. The van der Waals surface area contributed by atoms with Crippen LogP contribution in [-0.2, 0) is 4.74 Å². The minimum Gasteiger partial charge on any atom is -0.394 e. The molecule has 4 atom stereocenters. The first-order valence-corrected chi connectivity index (χ1v) is 8.00. The number of fused-ring (bicyclic) bond motifs is 1. The van der Waals surface area contributed by atoms with Crippen molar-refractivity contribution >= 4 is 16.9 Å². The van der Waals surface area contributed by atoms with E-state index in [2.05, 4.69) is 20.3 Å².